The zero-order valence-electron chi connectivity index (χ0n) is 21.4. The van der Waals surface area contributed by atoms with E-state index in [0.717, 1.165) is 48.2 Å². The Morgan fingerprint density at radius 2 is 1.76 bits per heavy atom. The van der Waals surface area contributed by atoms with Crippen LogP contribution in [0.1, 0.15) is 87.9 Å². The first-order chi connectivity index (χ1) is 16.2. The third kappa shape index (κ3) is 5.70. The van der Waals surface area contributed by atoms with Gasteiger partial charge in [-0.3, -0.25) is 9.48 Å². The Labute approximate surface area is 203 Å². The summed E-state index contributed by atoms with van der Waals surface area (Å²) < 4.78 is 13.4. The number of carbonyl (C=O) groups excluding carboxylic acids is 1. The Bertz CT molecular complexity index is 1080. The van der Waals surface area contributed by atoms with Gasteiger partial charge in [-0.2, -0.15) is 10.4 Å². The molecule has 1 aromatic heterocycles. The number of ether oxygens (including phenoxy) is 2. The Morgan fingerprint density at radius 1 is 1.12 bits per heavy atom. The first-order valence-electron chi connectivity index (χ1n) is 12.3. The second kappa shape index (κ2) is 10.9. The van der Waals surface area contributed by atoms with Crippen molar-refractivity contribution in [2.75, 3.05) is 6.79 Å². The predicted molar refractivity (Wildman–Crippen MR) is 134 cm³/mol. The number of aromatic nitrogens is 2. The van der Waals surface area contributed by atoms with Crippen LogP contribution in [0.15, 0.2) is 24.3 Å². The van der Waals surface area contributed by atoms with Crippen molar-refractivity contribution in [1.82, 2.24) is 9.78 Å². The normalized spacial score (nSPS) is 15.4. The molecule has 0 radical (unpaired) electrons. The van der Waals surface area contributed by atoms with Gasteiger partial charge in [-0.1, -0.05) is 64.3 Å². The highest BCUT2D eigenvalue weighted by Crippen LogP contribution is 2.32. The maximum atomic E-state index is 12.6. The van der Waals surface area contributed by atoms with Gasteiger partial charge in [0.2, 0.25) is 6.79 Å². The quantitative estimate of drug-likeness (QED) is 0.208. The zero-order valence-corrected chi connectivity index (χ0v) is 21.4. The van der Waals surface area contributed by atoms with E-state index in [-0.39, 0.29) is 24.1 Å². The summed E-state index contributed by atoms with van der Waals surface area (Å²) in [6.45, 7) is 12.8. The highest BCUT2D eigenvalue weighted by atomic mass is 16.7. The highest BCUT2D eigenvalue weighted by Gasteiger charge is 2.25. The molecule has 0 aliphatic heterocycles. The minimum Gasteiger partial charge on any atom is -0.454 e. The fraction of sp³-hybridized carbons (Fsp3) is 0.536. The second-order valence-electron chi connectivity index (χ2n) is 10.1. The molecular weight excluding hydrogens is 426 g/mol. The molecule has 182 valence electrons. The number of carbonyl (C=O) groups is 1. The lowest BCUT2D eigenvalue weighted by atomic mass is 9.86. The van der Waals surface area contributed by atoms with Crippen molar-refractivity contribution in [3.8, 4) is 6.07 Å². The smallest absolute Gasteiger partial charge is 0.311 e. The lowest BCUT2D eigenvalue weighted by Crippen LogP contribution is -2.21. The summed E-state index contributed by atoms with van der Waals surface area (Å²) >= 11 is 0. The first kappa shape index (κ1) is 25.6. The Hall–Kier alpha value is -3.07. The number of nitriles is 1. The number of nitrogens with zero attached hydrogens (tertiary/aromatic N) is 3. The average Bonchev–Trinajstić information content (AvgIpc) is 3.12. The summed E-state index contributed by atoms with van der Waals surface area (Å²) in [6, 6.07) is 10.3. The summed E-state index contributed by atoms with van der Waals surface area (Å²) in [6.07, 6.45) is 5.02. The van der Waals surface area contributed by atoms with Crippen molar-refractivity contribution >= 4 is 17.3 Å². The van der Waals surface area contributed by atoms with Crippen LogP contribution in [0.4, 0.5) is 0 Å². The Balaban J connectivity index is 1.97. The molecule has 0 spiro atoms. The van der Waals surface area contributed by atoms with Gasteiger partial charge in [0.25, 0.3) is 0 Å². The molecule has 34 heavy (non-hydrogen) atoms. The Morgan fingerprint density at radius 3 is 2.32 bits per heavy atom. The number of hydrogen-bond acceptors (Lipinski definition) is 5. The summed E-state index contributed by atoms with van der Waals surface area (Å²) in [5.74, 6) is 0.113. The molecule has 0 N–H and O–H groups in total. The van der Waals surface area contributed by atoms with Gasteiger partial charge in [-0.05, 0) is 50.2 Å². The summed E-state index contributed by atoms with van der Waals surface area (Å²) in [7, 11) is 0. The van der Waals surface area contributed by atoms with E-state index in [1.54, 1.807) is 0 Å². The predicted octanol–water partition coefficient (Wildman–Crippen LogP) is 6.31. The number of rotatable bonds is 7. The van der Waals surface area contributed by atoms with E-state index in [2.05, 4.69) is 31.9 Å². The van der Waals surface area contributed by atoms with Crippen LogP contribution in [-0.2, 0) is 26.2 Å². The van der Waals surface area contributed by atoms with Crippen LogP contribution in [0.5, 0.6) is 0 Å². The fourth-order valence-electron chi connectivity index (χ4n) is 4.43. The molecule has 1 aromatic carbocycles. The van der Waals surface area contributed by atoms with Crippen molar-refractivity contribution in [3.63, 3.8) is 0 Å². The summed E-state index contributed by atoms with van der Waals surface area (Å²) in [5, 5.41) is 14.8. The van der Waals surface area contributed by atoms with Crippen LogP contribution in [0.3, 0.4) is 0 Å². The third-order valence-corrected chi connectivity index (χ3v) is 6.66. The van der Waals surface area contributed by atoms with Gasteiger partial charge in [0, 0.05) is 12.1 Å². The molecule has 6 heteroatoms. The maximum absolute atomic E-state index is 12.6. The average molecular weight is 464 g/mol. The molecule has 1 aliphatic rings. The third-order valence-electron chi connectivity index (χ3n) is 6.66. The molecule has 1 fully saturated rings. The minimum absolute atomic E-state index is 0.0102. The van der Waals surface area contributed by atoms with Crippen LogP contribution in [0.2, 0.25) is 0 Å². The van der Waals surface area contributed by atoms with E-state index in [1.165, 1.54) is 12.0 Å². The lowest BCUT2D eigenvalue weighted by molar-refractivity contribution is -0.157. The highest BCUT2D eigenvalue weighted by molar-refractivity contribution is 5.94. The van der Waals surface area contributed by atoms with Gasteiger partial charge in [0.1, 0.15) is 17.3 Å². The molecular formula is C28H37N3O3. The van der Waals surface area contributed by atoms with E-state index in [0.29, 0.717) is 17.9 Å². The molecule has 1 heterocycles. The summed E-state index contributed by atoms with van der Waals surface area (Å²) in [5.41, 5.74) is 4.90. The minimum atomic E-state index is -0.233. The van der Waals surface area contributed by atoms with E-state index < -0.39 is 0 Å². The second-order valence-corrected chi connectivity index (χ2v) is 10.1. The molecule has 0 saturated heterocycles. The molecule has 0 bridgehead atoms. The molecule has 0 atom stereocenters. The van der Waals surface area contributed by atoms with E-state index in [1.807, 2.05) is 49.7 Å². The van der Waals surface area contributed by atoms with Crippen molar-refractivity contribution in [1.29, 1.82) is 5.26 Å². The fourth-order valence-corrected chi connectivity index (χ4v) is 4.43. The molecule has 1 saturated carbocycles. The first-order valence-corrected chi connectivity index (χ1v) is 12.3. The largest absolute Gasteiger partial charge is 0.454 e. The lowest BCUT2D eigenvalue weighted by Gasteiger charge is -2.21. The zero-order chi connectivity index (χ0) is 24.9. The van der Waals surface area contributed by atoms with Gasteiger partial charge in [-0.25, -0.2) is 0 Å². The molecule has 2 aromatic rings. The van der Waals surface area contributed by atoms with Crippen LogP contribution in [0, 0.1) is 31.1 Å². The van der Waals surface area contributed by atoms with Crippen molar-refractivity contribution in [3.05, 3.63) is 52.3 Å². The molecule has 6 nitrogen and oxygen atoms in total. The molecule has 3 rings (SSSR count). The van der Waals surface area contributed by atoms with Gasteiger partial charge in [0.05, 0.1) is 11.6 Å². The number of benzene rings is 1. The van der Waals surface area contributed by atoms with Crippen molar-refractivity contribution < 1.29 is 14.3 Å². The Kier molecular flexibility index (Phi) is 8.19. The number of esters is 1. The van der Waals surface area contributed by atoms with Crippen LogP contribution < -0.4 is 0 Å². The van der Waals surface area contributed by atoms with Gasteiger partial charge in [-0.15, -0.1) is 0 Å². The standard InChI is InChI=1S/C28H37N3O3/c1-7-31-25(19(2)20(3)30-31)26(33-18-34-27(32)22-11-9-8-10-12-22)24(17-29)21-13-15-23(16-14-21)28(4,5)6/h13-16,22H,7-12,18H2,1-6H3/b26-24-. The summed E-state index contributed by atoms with van der Waals surface area (Å²) in [4.78, 5) is 12.6. The van der Waals surface area contributed by atoms with Crippen LogP contribution in [-0.4, -0.2) is 22.5 Å². The topological polar surface area (TPSA) is 77.1 Å². The van der Waals surface area contributed by atoms with Crippen LogP contribution >= 0.6 is 0 Å². The molecule has 0 unspecified atom stereocenters. The van der Waals surface area contributed by atoms with Gasteiger partial charge >= 0.3 is 5.97 Å². The van der Waals surface area contributed by atoms with E-state index >= 15 is 0 Å². The SMILES string of the molecule is CCn1nc(C)c(C)c1/C(OCOC(=O)C1CCCCC1)=C(\C#N)c1ccc(C(C)(C)C)cc1. The number of aryl methyl sites for hydroxylation is 2. The van der Waals surface area contributed by atoms with Crippen molar-refractivity contribution in [2.24, 2.45) is 5.92 Å². The molecule has 1 aliphatic carbocycles. The monoisotopic (exact) mass is 463 g/mol. The number of hydrogen-bond donors (Lipinski definition) is 0. The molecule has 0 amide bonds. The van der Waals surface area contributed by atoms with E-state index in [9.17, 15) is 10.1 Å². The number of allylic oxidation sites excluding steroid dienone is 1. The van der Waals surface area contributed by atoms with Crippen LogP contribution in [0.25, 0.3) is 11.3 Å². The maximum Gasteiger partial charge on any atom is 0.311 e. The van der Waals surface area contributed by atoms with Gasteiger partial charge in [0.15, 0.2) is 5.76 Å². The van der Waals surface area contributed by atoms with Crippen molar-refractivity contribution in [2.45, 2.75) is 85.6 Å². The van der Waals surface area contributed by atoms with Gasteiger partial charge < -0.3 is 9.47 Å². The van der Waals surface area contributed by atoms with E-state index in [4.69, 9.17) is 9.47 Å².